The molecule has 1 nitrogen and oxygen atoms in total. The summed E-state index contributed by atoms with van der Waals surface area (Å²) in [5.41, 5.74) is 2.01. The van der Waals surface area contributed by atoms with Crippen LogP contribution in [-0.4, -0.2) is 5.71 Å². The number of rotatable bonds is 4. The van der Waals surface area contributed by atoms with Gasteiger partial charge in [0.15, 0.2) is 0 Å². The molecule has 0 aromatic heterocycles. The lowest BCUT2D eigenvalue weighted by molar-refractivity contribution is 1.23. The third kappa shape index (κ3) is 5.66. The molecule has 66 valence electrons. The highest BCUT2D eigenvalue weighted by Gasteiger charge is 1.83. The summed E-state index contributed by atoms with van der Waals surface area (Å²) in [6.45, 7) is 9.59. The molecule has 0 spiro atoms. The molecule has 0 saturated heterocycles. The predicted octanol–water partition coefficient (Wildman–Crippen LogP) is 3.50. The first kappa shape index (κ1) is 10.9. The highest BCUT2D eigenvalue weighted by molar-refractivity contribution is 5.92. The molecule has 0 radical (unpaired) electrons. The topological polar surface area (TPSA) is 12.4 Å². The number of hydrogen-bond donors (Lipinski definition) is 0. The maximum Gasteiger partial charge on any atom is 0.0369 e. The maximum atomic E-state index is 4.29. The monoisotopic (exact) mass is 163 g/mol. The maximum absolute atomic E-state index is 4.29. The zero-order valence-electron chi connectivity index (χ0n) is 8.17. The normalized spacial score (nSPS) is 13.9. The minimum absolute atomic E-state index is 0.955. The Labute approximate surface area is 75.2 Å². The van der Waals surface area contributed by atoms with Crippen molar-refractivity contribution in [1.82, 2.24) is 0 Å². The highest BCUT2D eigenvalue weighted by atomic mass is 14.7. The molecular formula is C11H17N. The molecule has 1 heteroatoms. The second-order valence-corrected chi connectivity index (χ2v) is 2.61. The van der Waals surface area contributed by atoms with E-state index in [2.05, 4.69) is 23.7 Å². The lowest BCUT2D eigenvalue weighted by Crippen LogP contribution is -1.83. The summed E-state index contributed by atoms with van der Waals surface area (Å²) in [5.74, 6) is 0. The number of nitrogens with zero attached hydrogens (tertiary/aromatic N) is 1. The van der Waals surface area contributed by atoms with Crippen molar-refractivity contribution in [1.29, 1.82) is 0 Å². The lowest BCUT2D eigenvalue weighted by Gasteiger charge is -1.92. The van der Waals surface area contributed by atoms with E-state index in [4.69, 9.17) is 0 Å². The largest absolute Gasteiger partial charge is 0.259 e. The molecule has 0 rings (SSSR count). The van der Waals surface area contributed by atoms with Crippen LogP contribution in [0.5, 0.6) is 0 Å². The summed E-state index contributed by atoms with van der Waals surface area (Å²) >= 11 is 0. The van der Waals surface area contributed by atoms with Crippen molar-refractivity contribution in [2.75, 3.05) is 0 Å². The van der Waals surface area contributed by atoms with Crippen LogP contribution in [0.25, 0.3) is 0 Å². The molecule has 0 aliphatic rings. The third-order valence-corrected chi connectivity index (χ3v) is 1.43. The van der Waals surface area contributed by atoms with Crippen LogP contribution in [0.2, 0.25) is 0 Å². The summed E-state index contributed by atoms with van der Waals surface area (Å²) in [6.07, 6.45) is 8.94. The molecule has 12 heavy (non-hydrogen) atoms. The molecule has 0 heterocycles. The summed E-state index contributed by atoms with van der Waals surface area (Å²) in [7, 11) is 0. The fourth-order valence-corrected chi connectivity index (χ4v) is 0.744. The summed E-state index contributed by atoms with van der Waals surface area (Å²) in [4.78, 5) is 4.29. The lowest BCUT2D eigenvalue weighted by atomic mass is 10.3. The summed E-state index contributed by atoms with van der Waals surface area (Å²) in [5, 5.41) is 0. The van der Waals surface area contributed by atoms with Crippen molar-refractivity contribution in [3.05, 3.63) is 36.6 Å². The van der Waals surface area contributed by atoms with E-state index in [1.165, 1.54) is 0 Å². The zero-order valence-corrected chi connectivity index (χ0v) is 8.17. The molecule has 0 bridgehead atoms. The Kier molecular flexibility index (Phi) is 5.98. The quantitative estimate of drug-likeness (QED) is 0.444. The minimum Gasteiger partial charge on any atom is -0.259 e. The van der Waals surface area contributed by atoms with Gasteiger partial charge in [-0.25, -0.2) is 0 Å². The van der Waals surface area contributed by atoms with E-state index < -0.39 is 0 Å². The molecule has 0 aliphatic heterocycles. The molecule has 0 aromatic carbocycles. The standard InChI is InChI=1S/C11H17N/c1-5-7-8-9-11(4)12-10(3)6-2/h5-7,9H,2,8H2,1,3-4H3/b7-5+,11-9-,12-10-. The summed E-state index contributed by atoms with van der Waals surface area (Å²) in [6, 6.07) is 0. The fourth-order valence-electron chi connectivity index (χ4n) is 0.744. The first-order valence-electron chi connectivity index (χ1n) is 4.16. The van der Waals surface area contributed by atoms with Crippen molar-refractivity contribution < 1.29 is 0 Å². The molecule has 0 aliphatic carbocycles. The Balaban J connectivity index is 4.09. The van der Waals surface area contributed by atoms with Gasteiger partial charge in [0.25, 0.3) is 0 Å². The zero-order chi connectivity index (χ0) is 9.40. The second-order valence-electron chi connectivity index (χ2n) is 2.61. The first-order valence-corrected chi connectivity index (χ1v) is 4.16. The van der Waals surface area contributed by atoms with Gasteiger partial charge >= 0.3 is 0 Å². The van der Waals surface area contributed by atoms with Gasteiger partial charge in [-0.15, -0.1) is 0 Å². The minimum atomic E-state index is 0.955. The molecule has 0 saturated carbocycles. The smallest absolute Gasteiger partial charge is 0.0369 e. The van der Waals surface area contributed by atoms with Crippen LogP contribution in [-0.2, 0) is 0 Å². The molecule has 0 amide bonds. The van der Waals surface area contributed by atoms with Crippen LogP contribution in [0.15, 0.2) is 41.6 Å². The van der Waals surface area contributed by atoms with E-state index in [1.54, 1.807) is 6.08 Å². The van der Waals surface area contributed by atoms with Gasteiger partial charge in [0.05, 0.1) is 0 Å². The molecule has 0 fully saturated rings. The van der Waals surface area contributed by atoms with Gasteiger partial charge < -0.3 is 0 Å². The molecule has 0 N–H and O–H groups in total. The fraction of sp³-hybridized carbons (Fsp3) is 0.364. The van der Waals surface area contributed by atoms with Crippen molar-refractivity contribution in [3.63, 3.8) is 0 Å². The van der Waals surface area contributed by atoms with Crippen LogP contribution in [0.4, 0.5) is 0 Å². The van der Waals surface area contributed by atoms with Gasteiger partial charge in [-0.2, -0.15) is 0 Å². The van der Waals surface area contributed by atoms with Crippen molar-refractivity contribution >= 4 is 5.71 Å². The average Bonchev–Trinajstić information content (AvgIpc) is 2.05. The molecule has 0 atom stereocenters. The van der Waals surface area contributed by atoms with E-state index in [-0.39, 0.29) is 0 Å². The Hall–Kier alpha value is -1.11. The van der Waals surface area contributed by atoms with Gasteiger partial charge in [-0.3, -0.25) is 4.99 Å². The van der Waals surface area contributed by atoms with Gasteiger partial charge in [-0.05, 0) is 33.3 Å². The van der Waals surface area contributed by atoms with E-state index in [1.807, 2.05) is 26.8 Å². The van der Waals surface area contributed by atoms with Crippen LogP contribution in [0.1, 0.15) is 27.2 Å². The number of aliphatic imine (C=N–C) groups is 1. The second kappa shape index (κ2) is 6.59. The van der Waals surface area contributed by atoms with Gasteiger partial charge in [-0.1, -0.05) is 24.8 Å². The van der Waals surface area contributed by atoms with Gasteiger partial charge in [0.2, 0.25) is 0 Å². The number of hydrogen-bond acceptors (Lipinski definition) is 1. The van der Waals surface area contributed by atoms with Crippen LogP contribution < -0.4 is 0 Å². The van der Waals surface area contributed by atoms with E-state index in [0.29, 0.717) is 0 Å². The van der Waals surface area contributed by atoms with Gasteiger partial charge in [0, 0.05) is 11.4 Å². The Bertz CT molecular complexity index is 219. The van der Waals surface area contributed by atoms with Crippen LogP contribution in [0.3, 0.4) is 0 Å². The Morgan fingerprint density at radius 2 is 2.08 bits per heavy atom. The van der Waals surface area contributed by atoms with Crippen molar-refractivity contribution in [2.24, 2.45) is 4.99 Å². The Morgan fingerprint density at radius 3 is 2.58 bits per heavy atom. The van der Waals surface area contributed by atoms with Crippen molar-refractivity contribution in [2.45, 2.75) is 27.2 Å². The molecule has 0 unspecified atom stereocenters. The predicted molar refractivity (Wildman–Crippen MR) is 56.5 cm³/mol. The first-order chi connectivity index (χ1) is 5.70. The molecular weight excluding hydrogens is 146 g/mol. The Morgan fingerprint density at radius 1 is 1.42 bits per heavy atom. The van der Waals surface area contributed by atoms with Crippen LogP contribution >= 0.6 is 0 Å². The average molecular weight is 163 g/mol. The third-order valence-electron chi connectivity index (χ3n) is 1.43. The molecule has 0 aromatic rings. The van der Waals surface area contributed by atoms with E-state index in [9.17, 15) is 0 Å². The van der Waals surface area contributed by atoms with E-state index in [0.717, 1.165) is 17.8 Å². The van der Waals surface area contributed by atoms with Gasteiger partial charge in [0.1, 0.15) is 0 Å². The number of allylic oxidation sites excluding steroid dienone is 5. The van der Waals surface area contributed by atoms with Crippen LogP contribution in [0, 0.1) is 0 Å². The SMILES string of the molecule is C=C/C(C)=N\C(C)=C/C/C=C/C. The highest BCUT2D eigenvalue weighted by Crippen LogP contribution is 1.99. The summed E-state index contributed by atoms with van der Waals surface area (Å²) < 4.78 is 0. The van der Waals surface area contributed by atoms with E-state index >= 15 is 0 Å². The van der Waals surface area contributed by atoms with Crippen molar-refractivity contribution in [3.8, 4) is 0 Å².